The van der Waals surface area contributed by atoms with Crippen LogP contribution in [0.25, 0.3) is 0 Å². The molecule has 0 aliphatic carbocycles. The van der Waals surface area contributed by atoms with Crippen LogP contribution in [0.4, 0.5) is 5.69 Å². The van der Waals surface area contributed by atoms with Crippen LogP contribution < -0.4 is 5.73 Å². The molecule has 3 aromatic carbocycles. The van der Waals surface area contributed by atoms with Crippen LogP contribution in [0, 0.1) is 6.92 Å². The molecule has 2 N–H and O–H groups in total. The van der Waals surface area contributed by atoms with Crippen LogP contribution in [0.15, 0.2) is 72.8 Å². The third-order valence-electron chi connectivity index (χ3n) is 4.92. The molecule has 0 radical (unpaired) electrons. The zero-order chi connectivity index (χ0) is 17.1. The maximum atomic E-state index is 6.63. The van der Waals surface area contributed by atoms with E-state index in [1.54, 1.807) is 0 Å². The zero-order valence-electron chi connectivity index (χ0n) is 14.7. The summed E-state index contributed by atoms with van der Waals surface area (Å²) in [6, 6.07) is 25.6. The molecule has 0 aromatic heterocycles. The molecule has 0 unspecified atom stereocenters. The second-order valence-corrected chi connectivity index (χ2v) is 6.62. The van der Waals surface area contributed by atoms with E-state index >= 15 is 0 Å². The van der Waals surface area contributed by atoms with Crippen molar-refractivity contribution < 1.29 is 0 Å². The van der Waals surface area contributed by atoms with Gasteiger partial charge in [0.15, 0.2) is 0 Å². The van der Waals surface area contributed by atoms with Crippen LogP contribution in [0.1, 0.15) is 53.5 Å². The van der Waals surface area contributed by atoms with E-state index in [0.717, 1.165) is 5.69 Å². The Balaban J connectivity index is 2.05. The fourth-order valence-electron chi connectivity index (χ4n) is 3.41. The van der Waals surface area contributed by atoms with Crippen LogP contribution >= 0.6 is 0 Å². The second-order valence-electron chi connectivity index (χ2n) is 6.62. The Labute approximate surface area is 145 Å². The average Bonchev–Trinajstić information content (AvgIpc) is 2.63. The predicted octanol–water partition coefficient (Wildman–Crippen LogP) is 5.88. The van der Waals surface area contributed by atoms with Crippen molar-refractivity contribution >= 4 is 5.69 Å². The van der Waals surface area contributed by atoms with Crippen LogP contribution in [0.5, 0.6) is 0 Å². The Morgan fingerprint density at radius 1 is 0.667 bits per heavy atom. The molecule has 0 saturated heterocycles. The van der Waals surface area contributed by atoms with E-state index in [1.807, 2.05) is 0 Å². The van der Waals surface area contributed by atoms with Crippen LogP contribution in [0.3, 0.4) is 0 Å². The van der Waals surface area contributed by atoms with Crippen molar-refractivity contribution in [2.75, 3.05) is 5.73 Å². The summed E-state index contributed by atoms with van der Waals surface area (Å²) in [5.74, 6) is 0.570. The maximum absolute atomic E-state index is 6.63. The number of anilines is 1. The van der Waals surface area contributed by atoms with E-state index in [-0.39, 0.29) is 11.8 Å². The summed E-state index contributed by atoms with van der Waals surface area (Å²) >= 11 is 0. The minimum Gasteiger partial charge on any atom is -0.398 e. The van der Waals surface area contributed by atoms with Gasteiger partial charge in [0, 0.05) is 17.5 Å². The zero-order valence-corrected chi connectivity index (χ0v) is 14.7. The Bertz CT molecular complexity index is 739. The van der Waals surface area contributed by atoms with Gasteiger partial charge in [-0.15, -0.1) is 0 Å². The molecule has 3 aromatic rings. The number of benzene rings is 3. The lowest BCUT2D eigenvalue weighted by atomic mass is 9.84. The molecule has 0 fully saturated rings. The Morgan fingerprint density at radius 3 is 1.42 bits per heavy atom. The molecule has 2 atom stereocenters. The fourth-order valence-corrected chi connectivity index (χ4v) is 3.41. The molecule has 0 spiro atoms. The quantitative estimate of drug-likeness (QED) is 0.598. The molecular formula is C23H25N. The van der Waals surface area contributed by atoms with Gasteiger partial charge in [0.1, 0.15) is 0 Å². The summed E-state index contributed by atoms with van der Waals surface area (Å²) < 4.78 is 0. The molecule has 3 rings (SSSR count). The Morgan fingerprint density at radius 2 is 1.04 bits per heavy atom. The normalized spacial score (nSPS) is 13.5. The summed E-state index contributed by atoms with van der Waals surface area (Å²) in [4.78, 5) is 0. The lowest BCUT2D eigenvalue weighted by molar-refractivity contribution is 0.889. The first-order valence-electron chi connectivity index (χ1n) is 8.57. The molecule has 1 heteroatoms. The van der Waals surface area contributed by atoms with E-state index < -0.39 is 0 Å². The largest absolute Gasteiger partial charge is 0.398 e. The molecule has 0 aliphatic heterocycles. The molecule has 122 valence electrons. The molecule has 0 bridgehead atoms. The van der Waals surface area contributed by atoms with Gasteiger partial charge in [-0.1, -0.05) is 92.2 Å². The first-order valence-corrected chi connectivity index (χ1v) is 8.57. The number of nitrogens with two attached hydrogens (primary N) is 1. The van der Waals surface area contributed by atoms with Crippen LogP contribution in [-0.4, -0.2) is 0 Å². The maximum Gasteiger partial charge on any atom is 0.0391 e. The predicted molar refractivity (Wildman–Crippen MR) is 104 cm³/mol. The van der Waals surface area contributed by atoms with Crippen molar-refractivity contribution in [1.82, 2.24) is 0 Å². The van der Waals surface area contributed by atoms with E-state index in [1.165, 1.54) is 27.8 Å². The number of hydrogen-bond acceptors (Lipinski definition) is 1. The lowest BCUT2D eigenvalue weighted by Gasteiger charge is -2.22. The van der Waals surface area contributed by atoms with E-state index in [9.17, 15) is 0 Å². The standard InChI is InChI=1S/C23H25N/c1-16-14-21(17(2)19-10-6-4-7-11-19)23(24)22(15-16)18(3)20-12-8-5-9-13-20/h4-15,17-18H,24H2,1-3H3/t17-,18-/m0/s1. The second kappa shape index (κ2) is 6.92. The SMILES string of the molecule is Cc1cc([C@@H](C)c2ccccc2)c(N)c([C@@H](C)c2ccccc2)c1. The highest BCUT2D eigenvalue weighted by molar-refractivity contribution is 5.61. The smallest absolute Gasteiger partial charge is 0.0391 e. The summed E-state index contributed by atoms with van der Waals surface area (Å²) in [5, 5.41) is 0. The van der Waals surface area contributed by atoms with Gasteiger partial charge in [0.05, 0.1) is 0 Å². The summed E-state index contributed by atoms with van der Waals surface area (Å²) in [5.41, 5.74) is 13.9. The third-order valence-corrected chi connectivity index (χ3v) is 4.92. The van der Waals surface area contributed by atoms with Crippen molar-refractivity contribution in [3.05, 3.63) is 101 Å². The highest BCUT2D eigenvalue weighted by Gasteiger charge is 2.18. The number of aryl methyl sites for hydroxylation is 1. The van der Waals surface area contributed by atoms with Gasteiger partial charge in [-0.2, -0.15) is 0 Å². The first-order chi connectivity index (χ1) is 11.6. The van der Waals surface area contributed by atoms with E-state index in [4.69, 9.17) is 5.73 Å². The minimum absolute atomic E-state index is 0.285. The number of hydrogen-bond donors (Lipinski definition) is 1. The fraction of sp³-hybridized carbons (Fsp3) is 0.217. The van der Waals surface area contributed by atoms with Crippen molar-refractivity contribution in [2.24, 2.45) is 0 Å². The van der Waals surface area contributed by atoms with Crippen molar-refractivity contribution in [3.8, 4) is 0 Å². The van der Waals surface area contributed by atoms with Gasteiger partial charge >= 0.3 is 0 Å². The summed E-state index contributed by atoms with van der Waals surface area (Å²) in [6.45, 7) is 6.62. The molecule has 1 nitrogen and oxygen atoms in total. The average molecular weight is 315 g/mol. The van der Waals surface area contributed by atoms with E-state index in [0.29, 0.717) is 0 Å². The number of rotatable bonds is 4. The van der Waals surface area contributed by atoms with Crippen LogP contribution in [0.2, 0.25) is 0 Å². The molecular weight excluding hydrogens is 290 g/mol. The van der Waals surface area contributed by atoms with Gasteiger partial charge < -0.3 is 5.73 Å². The van der Waals surface area contributed by atoms with Gasteiger partial charge in [-0.05, 0) is 29.2 Å². The van der Waals surface area contributed by atoms with Gasteiger partial charge in [0.25, 0.3) is 0 Å². The van der Waals surface area contributed by atoms with Crippen LogP contribution in [-0.2, 0) is 0 Å². The first kappa shape index (κ1) is 16.3. The Hall–Kier alpha value is -2.54. The van der Waals surface area contributed by atoms with Gasteiger partial charge in [-0.25, -0.2) is 0 Å². The molecule has 24 heavy (non-hydrogen) atoms. The van der Waals surface area contributed by atoms with Gasteiger partial charge in [-0.3, -0.25) is 0 Å². The highest BCUT2D eigenvalue weighted by atomic mass is 14.6. The highest BCUT2D eigenvalue weighted by Crippen LogP contribution is 2.36. The topological polar surface area (TPSA) is 26.0 Å². The van der Waals surface area contributed by atoms with Gasteiger partial charge in [0.2, 0.25) is 0 Å². The molecule has 0 aliphatic rings. The van der Waals surface area contributed by atoms with Crippen molar-refractivity contribution in [3.63, 3.8) is 0 Å². The van der Waals surface area contributed by atoms with Crippen molar-refractivity contribution in [1.29, 1.82) is 0 Å². The molecule has 0 heterocycles. The lowest BCUT2D eigenvalue weighted by Crippen LogP contribution is -2.08. The van der Waals surface area contributed by atoms with E-state index in [2.05, 4.69) is 93.6 Å². The van der Waals surface area contributed by atoms with Crippen molar-refractivity contribution in [2.45, 2.75) is 32.6 Å². The Kier molecular flexibility index (Phi) is 4.71. The summed E-state index contributed by atoms with van der Waals surface area (Å²) in [7, 11) is 0. The number of nitrogen functional groups attached to an aromatic ring is 1. The monoisotopic (exact) mass is 315 g/mol. The molecule has 0 saturated carbocycles. The third kappa shape index (κ3) is 3.21. The summed E-state index contributed by atoms with van der Waals surface area (Å²) in [6.07, 6.45) is 0. The molecule has 0 amide bonds. The minimum atomic E-state index is 0.285.